The van der Waals surface area contributed by atoms with Gasteiger partial charge in [-0.1, -0.05) is 89.9 Å². The molecule has 1 atom stereocenters. The summed E-state index contributed by atoms with van der Waals surface area (Å²) in [5, 5.41) is 16.6. The van der Waals surface area contributed by atoms with Gasteiger partial charge in [-0.05, 0) is 30.7 Å². The van der Waals surface area contributed by atoms with Crippen LogP contribution in [0.1, 0.15) is 24.1 Å². The van der Waals surface area contributed by atoms with Crippen LogP contribution in [-0.4, -0.2) is 44.4 Å². The lowest BCUT2D eigenvalue weighted by Crippen LogP contribution is -2.46. The van der Waals surface area contributed by atoms with Crippen molar-refractivity contribution < 1.29 is 9.59 Å². The van der Waals surface area contributed by atoms with Gasteiger partial charge >= 0.3 is 0 Å². The monoisotopic (exact) mass is 552 g/mol. The van der Waals surface area contributed by atoms with Crippen LogP contribution in [0.3, 0.4) is 0 Å². The lowest BCUT2D eigenvalue weighted by atomic mass is 9.95. The Hall–Kier alpha value is -4.53. The second-order valence-electron chi connectivity index (χ2n) is 8.86. The van der Waals surface area contributed by atoms with Gasteiger partial charge in [0.2, 0.25) is 0 Å². The van der Waals surface area contributed by atoms with Gasteiger partial charge in [0.1, 0.15) is 5.69 Å². The molecule has 39 heavy (non-hydrogen) atoms. The Labute approximate surface area is 233 Å². The number of benzene rings is 3. The highest BCUT2D eigenvalue weighted by Gasteiger charge is 2.43. The molecule has 1 aromatic heterocycles. The maximum Gasteiger partial charge on any atom is 0.269 e. The molecule has 10 heteroatoms. The first-order valence-corrected chi connectivity index (χ1v) is 12.7. The van der Waals surface area contributed by atoms with Crippen molar-refractivity contribution in [2.24, 2.45) is 15.1 Å². The highest BCUT2D eigenvalue weighted by molar-refractivity contribution is 6.49. The number of hydrazone groups is 1. The zero-order valence-electron chi connectivity index (χ0n) is 20.4. The Kier molecular flexibility index (Phi) is 6.34. The van der Waals surface area contributed by atoms with Crippen LogP contribution in [0.25, 0.3) is 28.1 Å². The second kappa shape index (κ2) is 9.98. The number of hydrogen-bond donors (Lipinski definition) is 0. The van der Waals surface area contributed by atoms with Gasteiger partial charge < -0.3 is 0 Å². The summed E-state index contributed by atoms with van der Waals surface area (Å²) in [5.41, 5.74) is 3.38. The van der Waals surface area contributed by atoms with Crippen molar-refractivity contribution in [1.29, 1.82) is 0 Å². The van der Waals surface area contributed by atoms with Crippen LogP contribution in [0.4, 0.5) is 0 Å². The van der Waals surface area contributed by atoms with Crippen molar-refractivity contribution in [2.45, 2.75) is 12.8 Å². The quantitative estimate of drug-likeness (QED) is 0.291. The van der Waals surface area contributed by atoms with E-state index in [1.807, 2.05) is 54.6 Å². The van der Waals surface area contributed by atoms with Crippen LogP contribution in [0, 0.1) is 0 Å². The number of hydrogen-bond acceptors (Lipinski definition) is 6. The summed E-state index contributed by atoms with van der Waals surface area (Å²) in [7, 11) is 0. The molecule has 8 nitrogen and oxygen atoms in total. The van der Waals surface area contributed by atoms with Crippen molar-refractivity contribution in [3.8, 4) is 11.3 Å². The number of nitrogens with zero attached hydrogens (tertiary/aromatic N) is 6. The average molecular weight is 553 g/mol. The van der Waals surface area contributed by atoms with Gasteiger partial charge in [0.25, 0.3) is 17.8 Å². The first kappa shape index (κ1) is 24.8. The van der Waals surface area contributed by atoms with Crippen LogP contribution < -0.4 is 0 Å². The van der Waals surface area contributed by atoms with Gasteiger partial charge in [-0.25, -0.2) is 4.99 Å². The molecule has 6 rings (SSSR count). The Morgan fingerprint density at radius 3 is 2.36 bits per heavy atom. The van der Waals surface area contributed by atoms with Gasteiger partial charge in [-0.15, -0.1) is 5.10 Å². The Balaban J connectivity index is 1.37. The van der Waals surface area contributed by atoms with E-state index < -0.39 is 17.7 Å². The zero-order valence-corrected chi connectivity index (χ0v) is 21.9. The van der Waals surface area contributed by atoms with Crippen LogP contribution >= 0.6 is 23.2 Å². The van der Waals surface area contributed by atoms with Gasteiger partial charge in [-0.3, -0.25) is 9.59 Å². The van der Waals surface area contributed by atoms with E-state index in [4.69, 9.17) is 23.2 Å². The summed E-state index contributed by atoms with van der Waals surface area (Å²) >= 11 is 12.2. The molecule has 0 radical (unpaired) electrons. The molecule has 0 fully saturated rings. The van der Waals surface area contributed by atoms with Crippen molar-refractivity contribution in [2.75, 3.05) is 0 Å². The highest BCUT2D eigenvalue weighted by Crippen LogP contribution is 2.33. The van der Waals surface area contributed by atoms with Gasteiger partial charge in [0, 0.05) is 26.4 Å². The first-order valence-electron chi connectivity index (χ1n) is 12.0. The van der Waals surface area contributed by atoms with Crippen LogP contribution in [0.5, 0.6) is 0 Å². The number of aromatic nitrogens is 2. The van der Waals surface area contributed by atoms with Gasteiger partial charge in [0.15, 0.2) is 5.92 Å². The third kappa shape index (κ3) is 4.54. The van der Waals surface area contributed by atoms with Crippen molar-refractivity contribution >= 4 is 69.2 Å². The number of aliphatic imine (C=N–C) groups is 2. The zero-order chi connectivity index (χ0) is 27.1. The molecule has 0 saturated carbocycles. The van der Waals surface area contributed by atoms with Gasteiger partial charge in [0.05, 0.1) is 17.1 Å². The smallest absolute Gasteiger partial charge is 0.269 e. The van der Waals surface area contributed by atoms with Crippen LogP contribution in [0.2, 0.25) is 10.0 Å². The van der Waals surface area contributed by atoms with Crippen molar-refractivity contribution in [3.63, 3.8) is 0 Å². The Morgan fingerprint density at radius 2 is 1.59 bits per heavy atom. The summed E-state index contributed by atoms with van der Waals surface area (Å²) in [5.74, 6) is -2.68. The molecule has 2 aliphatic heterocycles. The standard InChI is InChI=1S/C29H18Cl2N6O2/c1-16-23(14-12-17-11-13-19(30)15-22(17)31)32-29-33-27(38)24(28(39)37(29)36-16)26-21-10-6-5-9-20(21)25(34-35-26)18-7-3-2-4-8-18/h2-15,24H,1H3. The van der Waals surface area contributed by atoms with Crippen LogP contribution in [-0.2, 0) is 9.59 Å². The second-order valence-corrected chi connectivity index (χ2v) is 9.70. The number of carbonyl (C=O) groups excluding carboxylic acids is 2. The molecule has 3 heterocycles. The number of guanidine groups is 1. The number of rotatable bonds is 4. The van der Waals surface area contributed by atoms with E-state index in [0.717, 1.165) is 21.5 Å². The van der Waals surface area contributed by atoms with Crippen molar-refractivity contribution in [3.05, 3.63) is 100 Å². The van der Waals surface area contributed by atoms with E-state index in [0.29, 0.717) is 32.5 Å². The topological polar surface area (TPSA) is 100 Å². The minimum Gasteiger partial charge on any atom is -0.271 e. The molecular weight excluding hydrogens is 535 g/mol. The number of fused-ring (bicyclic) bond motifs is 2. The predicted molar refractivity (Wildman–Crippen MR) is 153 cm³/mol. The maximum absolute atomic E-state index is 13.6. The summed E-state index contributed by atoms with van der Waals surface area (Å²) < 4.78 is 0. The first-order chi connectivity index (χ1) is 18.9. The molecule has 0 aliphatic carbocycles. The molecule has 1 unspecified atom stereocenters. The van der Waals surface area contributed by atoms with E-state index in [2.05, 4.69) is 25.3 Å². The molecular formula is C29H18Cl2N6O2. The highest BCUT2D eigenvalue weighted by atomic mass is 35.5. The van der Waals surface area contributed by atoms with E-state index >= 15 is 0 Å². The normalized spacial score (nSPS) is 17.3. The largest absolute Gasteiger partial charge is 0.271 e. The molecule has 190 valence electrons. The van der Waals surface area contributed by atoms with Gasteiger partial charge in [-0.2, -0.15) is 20.2 Å². The maximum atomic E-state index is 13.6. The minimum atomic E-state index is -1.30. The number of amides is 2. The van der Waals surface area contributed by atoms with Crippen LogP contribution in [0.15, 0.2) is 94.0 Å². The third-order valence-electron chi connectivity index (χ3n) is 6.36. The van der Waals surface area contributed by atoms with E-state index in [-0.39, 0.29) is 11.7 Å². The lowest BCUT2D eigenvalue weighted by Gasteiger charge is -2.28. The number of halogens is 2. The van der Waals surface area contributed by atoms with Crippen molar-refractivity contribution in [1.82, 2.24) is 15.2 Å². The molecule has 0 N–H and O–H groups in total. The fourth-order valence-electron chi connectivity index (χ4n) is 4.44. The Bertz CT molecular complexity index is 1800. The van der Waals surface area contributed by atoms with E-state index in [9.17, 15) is 9.59 Å². The van der Waals surface area contributed by atoms with E-state index in [1.54, 1.807) is 37.3 Å². The average Bonchev–Trinajstić information content (AvgIpc) is 2.94. The summed E-state index contributed by atoms with van der Waals surface area (Å²) in [6.45, 7) is 1.71. The molecule has 0 bridgehead atoms. The Morgan fingerprint density at radius 1 is 0.846 bits per heavy atom. The van der Waals surface area contributed by atoms with E-state index in [1.165, 1.54) is 0 Å². The summed E-state index contributed by atoms with van der Waals surface area (Å²) in [6.07, 6.45) is 3.44. The SMILES string of the molecule is CC1=NN2C(=O)C(c3nnc(-c4ccccc4)c4ccccc34)C(=O)N=C2N=C1C=Cc1ccc(Cl)cc1Cl. The molecule has 2 amide bonds. The molecule has 2 aliphatic rings. The number of allylic oxidation sites excluding steroid dienone is 1. The fourth-order valence-corrected chi connectivity index (χ4v) is 4.91. The molecule has 0 saturated heterocycles. The summed E-state index contributed by atoms with van der Waals surface area (Å²) in [6, 6.07) is 22.1. The molecule has 0 spiro atoms. The predicted octanol–water partition coefficient (Wildman–Crippen LogP) is 5.96. The number of carbonyl (C=O) groups is 2. The summed E-state index contributed by atoms with van der Waals surface area (Å²) in [4.78, 5) is 35.4. The molecule has 3 aromatic carbocycles. The third-order valence-corrected chi connectivity index (χ3v) is 6.93. The fraction of sp³-hybridized carbons (Fsp3) is 0.0690. The minimum absolute atomic E-state index is 0.105. The molecule has 4 aromatic rings. The lowest BCUT2D eigenvalue weighted by molar-refractivity contribution is -0.135.